The number of amides is 1. The number of rotatable bonds is 4. The highest BCUT2D eigenvalue weighted by Crippen LogP contribution is 2.27. The topological polar surface area (TPSA) is 58.1 Å². The van der Waals surface area contributed by atoms with Gasteiger partial charge in [-0.15, -0.1) is 0 Å². The summed E-state index contributed by atoms with van der Waals surface area (Å²) in [4.78, 5) is 23.4. The zero-order chi connectivity index (χ0) is 15.5. The van der Waals surface area contributed by atoms with E-state index >= 15 is 0 Å². The van der Waals surface area contributed by atoms with Gasteiger partial charge in [0.15, 0.2) is 5.16 Å². The Labute approximate surface area is 136 Å². The molecule has 1 amide bonds. The molecule has 2 aliphatic rings. The molecule has 1 aromatic rings. The van der Waals surface area contributed by atoms with Gasteiger partial charge in [-0.05, 0) is 38.9 Å². The van der Waals surface area contributed by atoms with E-state index in [9.17, 15) is 4.79 Å². The second-order valence-electron chi connectivity index (χ2n) is 6.28. The Morgan fingerprint density at radius 1 is 1.32 bits per heavy atom. The number of hydrogen-bond acceptors (Lipinski definition) is 5. The average molecular weight is 320 g/mol. The summed E-state index contributed by atoms with van der Waals surface area (Å²) < 4.78 is 0. The molecule has 22 heavy (non-hydrogen) atoms. The molecule has 1 aliphatic carbocycles. The maximum atomic E-state index is 12.1. The molecule has 0 aromatic carbocycles. The number of thioether (sulfide) groups is 1. The molecule has 0 spiro atoms. The smallest absolute Gasteiger partial charge is 0.223 e. The van der Waals surface area contributed by atoms with Crippen molar-refractivity contribution in [3.05, 3.63) is 11.8 Å². The summed E-state index contributed by atoms with van der Waals surface area (Å²) in [5, 5.41) is 4.05. The molecular weight excluding hydrogens is 296 g/mol. The summed E-state index contributed by atoms with van der Waals surface area (Å²) in [6.07, 6.45) is 7.47. The van der Waals surface area contributed by atoms with Crippen LogP contribution in [0.4, 0.5) is 5.82 Å². The van der Waals surface area contributed by atoms with Crippen LogP contribution in [0.15, 0.2) is 11.2 Å². The van der Waals surface area contributed by atoms with Gasteiger partial charge in [-0.1, -0.05) is 18.2 Å². The van der Waals surface area contributed by atoms with Gasteiger partial charge in [0.1, 0.15) is 5.82 Å². The van der Waals surface area contributed by atoms with Gasteiger partial charge in [-0.3, -0.25) is 4.79 Å². The first-order valence-electron chi connectivity index (χ1n) is 8.10. The molecule has 2 fully saturated rings. The van der Waals surface area contributed by atoms with E-state index in [0.29, 0.717) is 0 Å². The van der Waals surface area contributed by atoms with Gasteiger partial charge in [-0.2, -0.15) is 0 Å². The third-order valence-electron chi connectivity index (χ3n) is 4.57. The van der Waals surface area contributed by atoms with Crippen molar-refractivity contribution in [2.75, 3.05) is 24.2 Å². The molecule has 120 valence electrons. The zero-order valence-electron chi connectivity index (χ0n) is 13.3. The number of carbonyl (C=O) groups excluding carboxylic acids is 1. The van der Waals surface area contributed by atoms with Gasteiger partial charge in [0.05, 0.1) is 0 Å². The third kappa shape index (κ3) is 3.54. The Morgan fingerprint density at radius 2 is 2.14 bits per heavy atom. The van der Waals surface area contributed by atoms with Crippen LogP contribution in [-0.2, 0) is 4.79 Å². The summed E-state index contributed by atoms with van der Waals surface area (Å²) in [6.45, 7) is 3.85. The minimum absolute atomic E-state index is 0.245. The van der Waals surface area contributed by atoms with Crippen LogP contribution in [0.2, 0.25) is 0 Å². The van der Waals surface area contributed by atoms with Crippen molar-refractivity contribution < 1.29 is 4.79 Å². The normalized spacial score (nSPS) is 22.3. The monoisotopic (exact) mass is 320 g/mol. The van der Waals surface area contributed by atoms with Gasteiger partial charge >= 0.3 is 0 Å². The predicted octanol–water partition coefficient (Wildman–Crippen LogP) is 2.39. The van der Waals surface area contributed by atoms with Gasteiger partial charge in [0, 0.05) is 36.8 Å². The van der Waals surface area contributed by atoms with E-state index in [1.807, 2.05) is 19.2 Å². The lowest BCUT2D eigenvalue weighted by Crippen LogP contribution is -2.50. The molecule has 1 unspecified atom stereocenters. The molecule has 0 radical (unpaired) electrons. The number of aryl methyl sites for hydroxylation is 1. The van der Waals surface area contributed by atoms with Crippen molar-refractivity contribution in [3.8, 4) is 0 Å². The van der Waals surface area contributed by atoms with E-state index in [1.165, 1.54) is 6.42 Å². The van der Waals surface area contributed by atoms with Crippen molar-refractivity contribution in [1.82, 2.24) is 15.3 Å². The average Bonchev–Trinajstić information content (AvgIpc) is 2.45. The van der Waals surface area contributed by atoms with Crippen LogP contribution < -0.4 is 10.2 Å². The largest absolute Gasteiger partial charge is 0.354 e. The zero-order valence-corrected chi connectivity index (χ0v) is 14.2. The number of nitrogens with zero attached hydrogens (tertiary/aromatic N) is 3. The first kappa shape index (κ1) is 15.6. The van der Waals surface area contributed by atoms with Crippen LogP contribution in [0, 0.1) is 12.8 Å². The molecule has 1 N–H and O–H groups in total. The molecule has 1 atom stereocenters. The van der Waals surface area contributed by atoms with Crippen molar-refractivity contribution >= 4 is 23.5 Å². The summed E-state index contributed by atoms with van der Waals surface area (Å²) in [7, 11) is 0. The van der Waals surface area contributed by atoms with E-state index in [1.54, 1.807) is 11.8 Å². The Balaban J connectivity index is 1.64. The first-order chi connectivity index (χ1) is 10.7. The number of piperidine rings is 1. The third-order valence-corrected chi connectivity index (χ3v) is 5.12. The van der Waals surface area contributed by atoms with Crippen LogP contribution in [-0.4, -0.2) is 41.3 Å². The van der Waals surface area contributed by atoms with Gasteiger partial charge in [0.25, 0.3) is 0 Å². The van der Waals surface area contributed by atoms with E-state index in [0.717, 1.165) is 55.4 Å². The maximum Gasteiger partial charge on any atom is 0.223 e. The van der Waals surface area contributed by atoms with Crippen molar-refractivity contribution in [2.45, 2.75) is 50.2 Å². The maximum absolute atomic E-state index is 12.1. The summed E-state index contributed by atoms with van der Waals surface area (Å²) >= 11 is 1.57. The molecule has 6 heteroatoms. The molecule has 1 aliphatic heterocycles. The fourth-order valence-electron chi connectivity index (χ4n) is 3.07. The number of nitrogens with one attached hydrogen (secondary N) is 1. The fraction of sp³-hybridized carbons (Fsp3) is 0.688. The highest BCUT2D eigenvalue weighted by atomic mass is 32.2. The quantitative estimate of drug-likeness (QED) is 0.682. The second kappa shape index (κ2) is 6.86. The highest BCUT2D eigenvalue weighted by Gasteiger charge is 2.29. The molecule has 0 bridgehead atoms. The molecular formula is C16H24N4OS. The number of carbonyl (C=O) groups is 1. The summed E-state index contributed by atoms with van der Waals surface area (Å²) in [5.74, 6) is 1.50. The van der Waals surface area contributed by atoms with Crippen molar-refractivity contribution in [1.29, 1.82) is 0 Å². The molecule has 1 saturated heterocycles. The Kier molecular flexibility index (Phi) is 4.86. The van der Waals surface area contributed by atoms with Crippen LogP contribution in [0.5, 0.6) is 0 Å². The molecule has 1 saturated carbocycles. The Hall–Kier alpha value is -1.30. The molecule has 5 nitrogen and oxygen atoms in total. The van der Waals surface area contributed by atoms with Crippen molar-refractivity contribution in [2.24, 2.45) is 5.92 Å². The lowest BCUT2D eigenvalue weighted by atomic mass is 9.84. The first-order valence-corrected chi connectivity index (χ1v) is 9.33. The summed E-state index contributed by atoms with van der Waals surface area (Å²) in [6, 6.07) is 2.28. The standard InChI is InChI=1S/C16H24N4OS/c1-11-9-14(19-16(17-11)22-2)20-8-4-7-13(10-20)18-15(21)12-5-3-6-12/h9,12-13H,3-8,10H2,1-2H3,(H,18,21). The van der Waals surface area contributed by atoms with Crippen molar-refractivity contribution in [3.63, 3.8) is 0 Å². The lowest BCUT2D eigenvalue weighted by molar-refractivity contribution is -0.128. The minimum atomic E-state index is 0.245. The number of aromatic nitrogens is 2. The van der Waals surface area contributed by atoms with Gasteiger partial charge in [0.2, 0.25) is 5.91 Å². The molecule has 1 aromatic heterocycles. The van der Waals surface area contributed by atoms with E-state index < -0.39 is 0 Å². The Morgan fingerprint density at radius 3 is 2.82 bits per heavy atom. The van der Waals surface area contributed by atoms with Crippen LogP contribution in [0.3, 0.4) is 0 Å². The number of hydrogen-bond donors (Lipinski definition) is 1. The van der Waals surface area contributed by atoms with Crippen LogP contribution in [0.25, 0.3) is 0 Å². The molecule has 2 heterocycles. The van der Waals surface area contributed by atoms with E-state index in [-0.39, 0.29) is 17.9 Å². The van der Waals surface area contributed by atoms with E-state index in [4.69, 9.17) is 0 Å². The van der Waals surface area contributed by atoms with Crippen LogP contribution in [0.1, 0.15) is 37.8 Å². The predicted molar refractivity (Wildman–Crippen MR) is 89.3 cm³/mol. The number of anilines is 1. The highest BCUT2D eigenvalue weighted by molar-refractivity contribution is 7.98. The van der Waals surface area contributed by atoms with Gasteiger partial charge in [-0.25, -0.2) is 9.97 Å². The lowest BCUT2D eigenvalue weighted by Gasteiger charge is -2.35. The SMILES string of the molecule is CSc1nc(C)cc(N2CCCC(NC(=O)C3CCC3)C2)n1. The van der Waals surface area contributed by atoms with E-state index in [2.05, 4.69) is 20.2 Å². The van der Waals surface area contributed by atoms with Crippen LogP contribution >= 0.6 is 11.8 Å². The Bertz CT molecular complexity index is 547. The second-order valence-corrected chi connectivity index (χ2v) is 7.05. The molecule has 3 rings (SSSR count). The van der Waals surface area contributed by atoms with Gasteiger partial charge < -0.3 is 10.2 Å². The summed E-state index contributed by atoms with van der Waals surface area (Å²) in [5.41, 5.74) is 0.995. The fourth-order valence-corrected chi connectivity index (χ4v) is 3.49. The minimum Gasteiger partial charge on any atom is -0.354 e.